The van der Waals surface area contributed by atoms with Crippen LogP contribution in [0.3, 0.4) is 0 Å². The summed E-state index contributed by atoms with van der Waals surface area (Å²) in [6.07, 6.45) is 3.79. The Bertz CT molecular complexity index is 352. The molecule has 0 bridgehead atoms. The van der Waals surface area contributed by atoms with E-state index in [0.29, 0.717) is 0 Å². The molecule has 1 N–H and O–H groups in total. The molecule has 0 saturated carbocycles. The van der Waals surface area contributed by atoms with Crippen molar-refractivity contribution >= 4 is 0 Å². The molecule has 0 atom stereocenters. The average molecular weight is 266 g/mol. The minimum Gasteiger partial charge on any atom is -0.465 e. The third-order valence-corrected chi connectivity index (χ3v) is 3.09. The van der Waals surface area contributed by atoms with Crippen molar-refractivity contribution in [2.45, 2.75) is 59.0 Å². The molecule has 1 heterocycles. The first-order valence-electron chi connectivity index (χ1n) is 7.36. The van der Waals surface area contributed by atoms with E-state index in [-0.39, 0.29) is 5.54 Å². The van der Waals surface area contributed by atoms with E-state index in [9.17, 15) is 0 Å². The van der Waals surface area contributed by atoms with Gasteiger partial charge in [-0.25, -0.2) is 0 Å². The molecule has 1 aromatic heterocycles. The average Bonchev–Trinajstić information content (AvgIpc) is 2.67. The molecule has 19 heavy (non-hydrogen) atoms. The molecule has 0 radical (unpaired) electrons. The van der Waals surface area contributed by atoms with Crippen molar-refractivity contribution in [1.82, 2.24) is 10.2 Å². The van der Waals surface area contributed by atoms with Gasteiger partial charge in [0.1, 0.15) is 11.5 Å². The van der Waals surface area contributed by atoms with Crippen LogP contribution in [0.4, 0.5) is 0 Å². The smallest absolute Gasteiger partial charge is 0.118 e. The molecule has 0 spiro atoms. The lowest BCUT2D eigenvalue weighted by Crippen LogP contribution is -2.36. The maximum atomic E-state index is 5.58. The van der Waals surface area contributed by atoms with E-state index in [1.165, 1.54) is 19.3 Å². The summed E-state index contributed by atoms with van der Waals surface area (Å²) in [5, 5.41) is 3.52. The Hall–Kier alpha value is -0.800. The third kappa shape index (κ3) is 8.06. The van der Waals surface area contributed by atoms with Crippen molar-refractivity contribution < 1.29 is 4.42 Å². The minimum absolute atomic E-state index is 0.244. The molecule has 1 aromatic rings. The maximum Gasteiger partial charge on any atom is 0.118 e. The maximum absolute atomic E-state index is 5.58. The van der Waals surface area contributed by atoms with Crippen LogP contribution in [0.15, 0.2) is 16.5 Å². The summed E-state index contributed by atoms with van der Waals surface area (Å²) in [6, 6.07) is 4.10. The largest absolute Gasteiger partial charge is 0.465 e. The summed E-state index contributed by atoms with van der Waals surface area (Å²) in [6.45, 7) is 11.8. The number of hydrogen-bond acceptors (Lipinski definition) is 3. The Balaban J connectivity index is 2.03. The van der Waals surface area contributed by atoms with E-state index in [2.05, 4.69) is 44.1 Å². The van der Waals surface area contributed by atoms with Crippen molar-refractivity contribution in [2.75, 3.05) is 20.1 Å². The quantitative estimate of drug-likeness (QED) is 0.729. The fourth-order valence-electron chi connectivity index (χ4n) is 2.06. The highest BCUT2D eigenvalue weighted by molar-refractivity contribution is 5.05. The van der Waals surface area contributed by atoms with Crippen molar-refractivity contribution in [3.8, 4) is 0 Å². The number of furan rings is 1. The first-order valence-corrected chi connectivity index (χ1v) is 7.36. The monoisotopic (exact) mass is 266 g/mol. The van der Waals surface area contributed by atoms with E-state index in [0.717, 1.165) is 31.2 Å². The SMILES string of the molecule is Cc1ccc(CN(C)CCCCCNC(C)(C)C)o1. The molecule has 0 unspecified atom stereocenters. The molecule has 0 amide bonds. The molecule has 0 aliphatic heterocycles. The van der Waals surface area contributed by atoms with Gasteiger partial charge in [-0.3, -0.25) is 4.90 Å². The van der Waals surface area contributed by atoms with Gasteiger partial charge in [-0.2, -0.15) is 0 Å². The van der Waals surface area contributed by atoms with Gasteiger partial charge in [-0.05, 0) is 72.8 Å². The van der Waals surface area contributed by atoms with E-state index in [1.54, 1.807) is 0 Å². The molecule has 0 aliphatic rings. The molecule has 0 aromatic carbocycles. The number of nitrogens with zero attached hydrogens (tertiary/aromatic N) is 1. The normalized spacial score (nSPS) is 12.3. The van der Waals surface area contributed by atoms with Gasteiger partial charge in [0, 0.05) is 5.54 Å². The van der Waals surface area contributed by atoms with Crippen LogP contribution in [0.25, 0.3) is 0 Å². The van der Waals surface area contributed by atoms with Crippen molar-refractivity contribution in [3.05, 3.63) is 23.7 Å². The van der Waals surface area contributed by atoms with Crippen molar-refractivity contribution in [2.24, 2.45) is 0 Å². The number of hydrogen-bond donors (Lipinski definition) is 1. The van der Waals surface area contributed by atoms with Gasteiger partial charge >= 0.3 is 0 Å². The first-order chi connectivity index (χ1) is 8.87. The van der Waals surface area contributed by atoms with Crippen LogP contribution in [0, 0.1) is 6.92 Å². The van der Waals surface area contributed by atoms with Crippen LogP contribution in [0.1, 0.15) is 51.6 Å². The molecule has 1 rings (SSSR count). The lowest BCUT2D eigenvalue weighted by Gasteiger charge is -2.20. The van der Waals surface area contributed by atoms with E-state index in [4.69, 9.17) is 4.42 Å². The zero-order valence-corrected chi connectivity index (χ0v) is 13.3. The summed E-state index contributed by atoms with van der Waals surface area (Å²) in [5.74, 6) is 2.06. The van der Waals surface area contributed by atoms with Gasteiger partial charge in [0.25, 0.3) is 0 Å². The van der Waals surface area contributed by atoms with Gasteiger partial charge in [-0.1, -0.05) is 6.42 Å². The zero-order valence-electron chi connectivity index (χ0n) is 13.3. The Morgan fingerprint density at radius 1 is 1.16 bits per heavy atom. The zero-order chi connectivity index (χ0) is 14.3. The summed E-state index contributed by atoms with van der Waals surface area (Å²) in [7, 11) is 2.16. The highest BCUT2D eigenvalue weighted by atomic mass is 16.3. The van der Waals surface area contributed by atoms with E-state index in [1.807, 2.05) is 13.0 Å². The molecule has 0 saturated heterocycles. The number of unbranched alkanes of at least 4 members (excludes halogenated alkanes) is 2. The second-order valence-electron chi connectivity index (χ2n) is 6.49. The van der Waals surface area contributed by atoms with Crippen LogP contribution in [0.2, 0.25) is 0 Å². The highest BCUT2D eigenvalue weighted by Crippen LogP contribution is 2.09. The first kappa shape index (κ1) is 16.3. The lowest BCUT2D eigenvalue weighted by molar-refractivity contribution is 0.284. The van der Waals surface area contributed by atoms with Gasteiger partial charge in [-0.15, -0.1) is 0 Å². The summed E-state index contributed by atoms with van der Waals surface area (Å²) >= 11 is 0. The van der Waals surface area contributed by atoms with Crippen LogP contribution in [-0.4, -0.2) is 30.6 Å². The van der Waals surface area contributed by atoms with Crippen molar-refractivity contribution in [3.63, 3.8) is 0 Å². The second-order valence-corrected chi connectivity index (χ2v) is 6.49. The summed E-state index contributed by atoms with van der Waals surface area (Å²) in [4.78, 5) is 2.33. The third-order valence-electron chi connectivity index (χ3n) is 3.09. The number of nitrogens with one attached hydrogen (secondary N) is 1. The lowest BCUT2D eigenvalue weighted by atomic mass is 10.1. The topological polar surface area (TPSA) is 28.4 Å². The van der Waals surface area contributed by atoms with Gasteiger partial charge in [0.05, 0.1) is 6.54 Å². The fourth-order valence-corrected chi connectivity index (χ4v) is 2.06. The van der Waals surface area contributed by atoms with Gasteiger partial charge in [0.2, 0.25) is 0 Å². The molecule has 110 valence electrons. The van der Waals surface area contributed by atoms with Crippen LogP contribution >= 0.6 is 0 Å². The number of rotatable bonds is 8. The highest BCUT2D eigenvalue weighted by Gasteiger charge is 2.07. The van der Waals surface area contributed by atoms with E-state index >= 15 is 0 Å². The van der Waals surface area contributed by atoms with Crippen LogP contribution in [0.5, 0.6) is 0 Å². The molecular formula is C16H30N2O. The second kappa shape index (κ2) is 7.71. The fraction of sp³-hybridized carbons (Fsp3) is 0.750. The molecule has 3 heteroatoms. The number of aryl methyl sites for hydroxylation is 1. The van der Waals surface area contributed by atoms with Gasteiger partial charge in [0.15, 0.2) is 0 Å². The Kier molecular flexibility index (Phi) is 6.59. The molecule has 0 fully saturated rings. The van der Waals surface area contributed by atoms with Crippen LogP contribution in [-0.2, 0) is 6.54 Å². The standard InChI is InChI=1S/C16H30N2O/c1-14-9-10-15(19-14)13-18(5)12-8-6-7-11-17-16(2,3)4/h9-10,17H,6-8,11-13H2,1-5H3. The predicted molar refractivity (Wildman–Crippen MR) is 81.4 cm³/mol. The van der Waals surface area contributed by atoms with Crippen LogP contribution < -0.4 is 5.32 Å². The molecular weight excluding hydrogens is 236 g/mol. The Morgan fingerprint density at radius 2 is 1.89 bits per heavy atom. The summed E-state index contributed by atoms with van der Waals surface area (Å²) in [5.41, 5.74) is 0.244. The predicted octanol–water partition coefficient (Wildman–Crippen LogP) is 3.58. The molecule has 3 nitrogen and oxygen atoms in total. The molecule has 0 aliphatic carbocycles. The van der Waals surface area contributed by atoms with Gasteiger partial charge < -0.3 is 9.73 Å². The minimum atomic E-state index is 0.244. The summed E-state index contributed by atoms with van der Waals surface area (Å²) < 4.78 is 5.58. The van der Waals surface area contributed by atoms with Crippen molar-refractivity contribution in [1.29, 1.82) is 0 Å². The van der Waals surface area contributed by atoms with E-state index < -0.39 is 0 Å². The Morgan fingerprint density at radius 3 is 2.47 bits per heavy atom. The Labute approximate surface area is 118 Å².